The van der Waals surface area contributed by atoms with Crippen LogP contribution in [0.5, 0.6) is 5.75 Å². The maximum atomic E-state index is 12.6. The molecule has 1 unspecified atom stereocenters. The van der Waals surface area contributed by atoms with Gasteiger partial charge in [0.25, 0.3) is 0 Å². The predicted octanol–water partition coefficient (Wildman–Crippen LogP) is 4.37. The van der Waals surface area contributed by atoms with Crippen LogP contribution in [0.3, 0.4) is 0 Å². The molecule has 2 aromatic carbocycles. The van der Waals surface area contributed by atoms with Crippen molar-refractivity contribution in [2.45, 2.75) is 25.7 Å². The van der Waals surface area contributed by atoms with E-state index in [9.17, 15) is 18.3 Å². The quantitative estimate of drug-likeness (QED) is 0.212. The molecule has 6 nitrogen and oxygen atoms in total. The summed E-state index contributed by atoms with van der Waals surface area (Å²) in [6.07, 6.45) is -3.54. The normalized spacial score (nSPS) is 12.7. The van der Waals surface area contributed by atoms with E-state index in [-0.39, 0.29) is 42.9 Å². The molecule has 0 spiro atoms. The minimum absolute atomic E-state index is 0. The molecule has 0 saturated heterocycles. The standard InChI is InChI=1S/C23H25F3N4O2.HI/c1-2-27-22(29-13-16-11-12-28-21-6-4-3-5-20(16)21)30-14-18(31)15-32-19-9-7-17(8-10-19)23(24,25)26;/h3-12,18,31H,2,13-15H2,1H3,(H2,27,29,30);1H. The van der Waals surface area contributed by atoms with Crippen molar-refractivity contribution >= 4 is 40.8 Å². The van der Waals surface area contributed by atoms with E-state index in [4.69, 9.17) is 4.74 Å². The Morgan fingerprint density at radius 2 is 1.82 bits per heavy atom. The molecule has 10 heteroatoms. The number of nitrogens with zero attached hydrogens (tertiary/aromatic N) is 2. The highest BCUT2D eigenvalue weighted by Crippen LogP contribution is 2.30. The number of rotatable bonds is 8. The Morgan fingerprint density at radius 1 is 1.09 bits per heavy atom. The first-order chi connectivity index (χ1) is 15.4. The van der Waals surface area contributed by atoms with Crippen molar-refractivity contribution in [1.29, 1.82) is 0 Å². The molecule has 0 aliphatic rings. The molecule has 33 heavy (non-hydrogen) atoms. The van der Waals surface area contributed by atoms with Crippen molar-refractivity contribution in [3.05, 3.63) is 71.9 Å². The van der Waals surface area contributed by atoms with E-state index in [1.54, 1.807) is 6.20 Å². The van der Waals surface area contributed by atoms with E-state index in [2.05, 4.69) is 20.6 Å². The smallest absolute Gasteiger partial charge is 0.416 e. The summed E-state index contributed by atoms with van der Waals surface area (Å²) in [5.74, 6) is 0.782. The minimum Gasteiger partial charge on any atom is -0.491 e. The highest BCUT2D eigenvalue weighted by molar-refractivity contribution is 14.0. The van der Waals surface area contributed by atoms with E-state index in [0.717, 1.165) is 28.6 Å². The molecule has 1 heterocycles. The van der Waals surface area contributed by atoms with Crippen LogP contribution in [0, 0.1) is 0 Å². The summed E-state index contributed by atoms with van der Waals surface area (Å²) in [5, 5.41) is 17.4. The van der Waals surface area contributed by atoms with Crippen LogP contribution in [-0.4, -0.2) is 41.9 Å². The molecule has 3 rings (SSSR count). The molecular formula is C23H26F3IN4O2. The molecule has 178 valence electrons. The number of hydrogen-bond acceptors (Lipinski definition) is 4. The number of nitrogens with one attached hydrogen (secondary N) is 2. The van der Waals surface area contributed by atoms with Gasteiger partial charge >= 0.3 is 6.18 Å². The summed E-state index contributed by atoms with van der Waals surface area (Å²) in [5.41, 5.74) is 1.17. The molecule has 0 radical (unpaired) electrons. The topological polar surface area (TPSA) is 78.8 Å². The first-order valence-electron chi connectivity index (χ1n) is 10.2. The van der Waals surface area contributed by atoms with Crippen LogP contribution in [0.2, 0.25) is 0 Å². The van der Waals surface area contributed by atoms with Gasteiger partial charge in [-0.05, 0) is 48.9 Å². The number of aliphatic hydroxyl groups is 1. The Hall–Kier alpha value is -2.60. The zero-order valence-corrected chi connectivity index (χ0v) is 20.3. The largest absolute Gasteiger partial charge is 0.491 e. The molecule has 0 amide bonds. The molecule has 0 bridgehead atoms. The monoisotopic (exact) mass is 574 g/mol. The third kappa shape index (κ3) is 8.04. The number of aliphatic hydroxyl groups excluding tert-OH is 1. The Morgan fingerprint density at radius 3 is 2.52 bits per heavy atom. The summed E-state index contributed by atoms with van der Waals surface area (Å²) in [6, 6.07) is 14.1. The number of fused-ring (bicyclic) bond motifs is 1. The van der Waals surface area contributed by atoms with Gasteiger partial charge < -0.3 is 20.5 Å². The maximum absolute atomic E-state index is 12.6. The maximum Gasteiger partial charge on any atom is 0.416 e. The van der Waals surface area contributed by atoms with Crippen molar-refractivity contribution < 1.29 is 23.0 Å². The van der Waals surface area contributed by atoms with Crippen molar-refractivity contribution in [2.24, 2.45) is 4.99 Å². The highest BCUT2D eigenvalue weighted by atomic mass is 127. The Bertz CT molecular complexity index is 1040. The average molecular weight is 574 g/mol. The van der Waals surface area contributed by atoms with Gasteiger partial charge in [0.2, 0.25) is 0 Å². The van der Waals surface area contributed by atoms with Gasteiger partial charge in [0.1, 0.15) is 18.5 Å². The van der Waals surface area contributed by atoms with E-state index in [0.29, 0.717) is 19.0 Å². The van der Waals surface area contributed by atoms with Crippen LogP contribution in [0.15, 0.2) is 65.8 Å². The van der Waals surface area contributed by atoms with Crippen LogP contribution < -0.4 is 15.4 Å². The predicted molar refractivity (Wildman–Crippen MR) is 133 cm³/mol. The summed E-state index contributed by atoms with van der Waals surface area (Å²) >= 11 is 0. The number of halogens is 4. The number of alkyl halides is 3. The van der Waals surface area contributed by atoms with E-state index < -0.39 is 17.8 Å². The fourth-order valence-electron chi connectivity index (χ4n) is 3.00. The van der Waals surface area contributed by atoms with Gasteiger partial charge in [0.05, 0.1) is 17.6 Å². The Balaban J connectivity index is 0.00000385. The van der Waals surface area contributed by atoms with Gasteiger partial charge in [0.15, 0.2) is 5.96 Å². The van der Waals surface area contributed by atoms with E-state index in [1.807, 2.05) is 37.3 Å². The molecule has 0 aliphatic carbocycles. The fourth-order valence-corrected chi connectivity index (χ4v) is 3.00. The first kappa shape index (κ1) is 26.7. The van der Waals surface area contributed by atoms with Crippen molar-refractivity contribution in [2.75, 3.05) is 19.7 Å². The lowest BCUT2D eigenvalue weighted by molar-refractivity contribution is -0.137. The summed E-state index contributed by atoms with van der Waals surface area (Å²) in [7, 11) is 0. The van der Waals surface area contributed by atoms with E-state index in [1.165, 1.54) is 12.1 Å². The van der Waals surface area contributed by atoms with Gasteiger partial charge in [-0.3, -0.25) is 4.98 Å². The lowest BCUT2D eigenvalue weighted by Crippen LogP contribution is -2.42. The number of para-hydroxylation sites is 1. The van der Waals surface area contributed by atoms with Crippen LogP contribution >= 0.6 is 24.0 Å². The number of guanidine groups is 1. The molecule has 3 N–H and O–H groups in total. The first-order valence-corrected chi connectivity index (χ1v) is 10.2. The minimum atomic E-state index is -4.40. The zero-order valence-electron chi connectivity index (χ0n) is 18.0. The number of aromatic nitrogens is 1. The van der Waals surface area contributed by atoms with Gasteiger partial charge in [-0.1, -0.05) is 18.2 Å². The highest BCUT2D eigenvalue weighted by Gasteiger charge is 2.30. The number of pyridine rings is 1. The zero-order chi connectivity index (χ0) is 23.0. The Labute approximate surface area is 207 Å². The third-order valence-electron chi connectivity index (χ3n) is 4.62. The second kappa shape index (κ2) is 12.6. The number of benzene rings is 2. The molecule has 0 fully saturated rings. The molecule has 0 aliphatic heterocycles. The average Bonchev–Trinajstić information content (AvgIpc) is 2.79. The van der Waals surface area contributed by atoms with Crippen molar-refractivity contribution in [1.82, 2.24) is 15.6 Å². The summed E-state index contributed by atoms with van der Waals surface area (Å²) in [6.45, 7) is 3.08. The van der Waals surface area contributed by atoms with Crippen molar-refractivity contribution in [3.8, 4) is 5.75 Å². The van der Waals surface area contributed by atoms with Gasteiger partial charge in [-0.25, -0.2) is 4.99 Å². The van der Waals surface area contributed by atoms with Crippen LogP contribution in [0.25, 0.3) is 10.9 Å². The van der Waals surface area contributed by atoms with Crippen LogP contribution in [0.1, 0.15) is 18.1 Å². The summed E-state index contributed by atoms with van der Waals surface area (Å²) in [4.78, 5) is 8.91. The van der Waals surface area contributed by atoms with Crippen LogP contribution in [0.4, 0.5) is 13.2 Å². The second-order valence-corrected chi connectivity index (χ2v) is 7.05. The van der Waals surface area contributed by atoms with Crippen molar-refractivity contribution in [3.63, 3.8) is 0 Å². The van der Waals surface area contributed by atoms with Gasteiger partial charge in [-0.15, -0.1) is 24.0 Å². The third-order valence-corrected chi connectivity index (χ3v) is 4.62. The summed E-state index contributed by atoms with van der Waals surface area (Å²) < 4.78 is 43.2. The number of hydrogen-bond donors (Lipinski definition) is 3. The number of aliphatic imine (C=N–C) groups is 1. The molecule has 3 aromatic rings. The van der Waals surface area contributed by atoms with Crippen LogP contribution in [-0.2, 0) is 12.7 Å². The van der Waals surface area contributed by atoms with E-state index >= 15 is 0 Å². The van der Waals surface area contributed by atoms with Gasteiger partial charge in [0, 0.05) is 24.7 Å². The molecule has 1 aromatic heterocycles. The Kier molecular flexibility index (Phi) is 10.2. The SMILES string of the molecule is CCNC(=NCc1ccnc2ccccc12)NCC(O)COc1ccc(C(F)(F)F)cc1.I. The fraction of sp³-hybridized carbons (Fsp3) is 0.304. The molecule has 1 atom stereocenters. The number of ether oxygens (including phenoxy) is 1. The molecule has 0 saturated carbocycles. The lowest BCUT2D eigenvalue weighted by Gasteiger charge is -2.16. The second-order valence-electron chi connectivity index (χ2n) is 7.05. The molecular weight excluding hydrogens is 548 g/mol. The van der Waals surface area contributed by atoms with Gasteiger partial charge in [-0.2, -0.15) is 13.2 Å². The lowest BCUT2D eigenvalue weighted by atomic mass is 10.1.